The molecule has 0 aliphatic heterocycles. The van der Waals surface area contributed by atoms with Gasteiger partial charge in [0.25, 0.3) is 5.91 Å². The minimum absolute atomic E-state index is 0.241. The average molecular weight is 557 g/mol. The summed E-state index contributed by atoms with van der Waals surface area (Å²) in [5.41, 5.74) is 12.9. The summed E-state index contributed by atoms with van der Waals surface area (Å²) >= 11 is 0. The number of hydrogen-bond acceptors (Lipinski definition) is 5. The van der Waals surface area contributed by atoms with Gasteiger partial charge in [-0.3, -0.25) is 4.79 Å². The number of amides is 1. The van der Waals surface area contributed by atoms with Crippen LogP contribution in [0, 0.1) is 6.92 Å². The molecule has 5 rings (SSSR count). The normalized spacial score (nSPS) is 11.8. The van der Waals surface area contributed by atoms with Crippen LogP contribution in [0.4, 0.5) is 0 Å². The maximum Gasteiger partial charge on any atom is 0.269 e. The number of ether oxygens (including phenoxy) is 1. The highest BCUT2D eigenvalue weighted by molar-refractivity contribution is 7.90. The zero-order valence-electron chi connectivity index (χ0n) is 22.8. The molecule has 206 valence electrons. The highest BCUT2D eigenvalue weighted by Gasteiger charge is 2.14. The lowest BCUT2D eigenvalue weighted by atomic mass is 10.0. The first kappa shape index (κ1) is 27.4. The van der Waals surface area contributed by atoms with Gasteiger partial charge in [0.1, 0.15) is 0 Å². The number of benzene rings is 3. The van der Waals surface area contributed by atoms with Crippen molar-refractivity contribution in [2.45, 2.75) is 31.2 Å². The zero-order chi connectivity index (χ0) is 28.4. The van der Waals surface area contributed by atoms with Crippen LogP contribution in [0.3, 0.4) is 0 Å². The molecule has 0 aliphatic carbocycles. The van der Waals surface area contributed by atoms with E-state index in [1.165, 1.54) is 11.8 Å². The van der Waals surface area contributed by atoms with E-state index in [1.807, 2.05) is 25.1 Å². The maximum atomic E-state index is 11.8. The zero-order valence-corrected chi connectivity index (χ0v) is 23.6. The predicted octanol–water partition coefficient (Wildman–Crippen LogP) is 4.93. The molecular formula is C31H32N4O4S. The van der Waals surface area contributed by atoms with Gasteiger partial charge in [-0.1, -0.05) is 36.4 Å². The third-order valence-corrected chi connectivity index (χ3v) is 8.18. The van der Waals surface area contributed by atoms with E-state index in [-0.39, 0.29) is 5.69 Å². The first-order valence-corrected chi connectivity index (χ1v) is 14.9. The largest absolute Gasteiger partial charge is 0.385 e. The Morgan fingerprint density at radius 1 is 0.975 bits per heavy atom. The Morgan fingerprint density at radius 2 is 1.65 bits per heavy atom. The van der Waals surface area contributed by atoms with E-state index in [1.54, 1.807) is 30.0 Å². The summed E-state index contributed by atoms with van der Waals surface area (Å²) in [6, 6.07) is 23.2. The molecule has 0 fully saturated rings. The third-order valence-electron chi connectivity index (χ3n) is 7.05. The SMILES string of the molecule is COCCCc1cn(Cc2ccc(-c3ccc(S(C)(=O)=O)cc3)cc2)c2ccc(-n3nc(C(N)=O)cc3C)cc12. The van der Waals surface area contributed by atoms with Crippen LogP contribution >= 0.6 is 0 Å². The van der Waals surface area contributed by atoms with Gasteiger partial charge in [-0.2, -0.15) is 5.10 Å². The van der Waals surface area contributed by atoms with E-state index >= 15 is 0 Å². The first-order valence-electron chi connectivity index (χ1n) is 13.0. The van der Waals surface area contributed by atoms with Crippen molar-refractivity contribution in [3.8, 4) is 16.8 Å². The molecule has 1 amide bonds. The number of carbonyl (C=O) groups is 1. The van der Waals surface area contributed by atoms with E-state index in [0.717, 1.165) is 51.8 Å². The lowest BCUT2D eigenvalue weighted by Gasteiger charge is -2.09. The van der Waals surface area contributed by atoms with Gasteiger partial charge >= 0.3 is 0 Å². The van der Waals surface area contributed by atoms with Gasteiger partial charge in [0, 0.05) is 49.3 Å². The molecule has 0 saturated carbocycles. The molecule has 2 heterocycles. The molecular weight excluding hydrogens is 524 g/mol. The highest BCUT2D eigenvalue weighted by Crippen LogP contribution is 2.28. The van der Waals surface area contributed by atoms with Crippen LogP contribution in [0.15, 0.2) is 83.9 Å². The smallest absolute Gasteiger partial charge is 0.269 e. The topological polar surface area (TPSA) is 109 Å². The minimum Gasteiger partial charge on any atom is -0.385 e. The van der Waals surface area contributed by atoms with E-state index in [0.29, 0.717) is 18.0 Å². The van der Waals surface area contributed by atoms with Crippen LogP contribution in [0.5, 0.6) is 0 Å². The molecule has 0 unspecified atom stereocenters. The Bertz CT molecular complexity index is 1780. The molecule has 9 heteroatoms. The fourth-order valence-corrected chi connectivity index (χ4v) is 5.61. The summed E-state index contributed by atoms with van der Waals surface area (Å²) in [7, 11) is -1.51. The monoisotopic (exact) mass is 556 g/mol. The highest BCUT2D eigenvalue weighted by atomic mass is 32.2. The van der Waals surface area contributed by atoms with E-state index in [2.05, 4.69) is 52.3 Å². The number of nitrogens with two attached hydrogens (primary N) is 1. The minimum atomic E-state index is -3.22. The molecule has 2 aromatic heterocycles. The molecule has 40 heavy (non-hydrogen) atoms. The van der Waals surface area contributed by atoms with Crippen molar-refractivity contribution in [3.63, 3.8) is 0 Å². The molecule has 0 aliphatic rings. The second kappa shape index (κ2) is 11.1. The number of aromatic nitrogens is 3. The summed E-state index contributed by atoms with van der Waals surface area (Å²) in [6.45, 7) is 3.28. The molecule has 2 N–H and O–H groups in total. The lowest BCUT2D eigenvalue weighted by Crippen LogP contribution is -2.12. The quantitative estimate of drug-likeness (QED) is 0.245. The first-order chi connectivity index (χ1) is 19.1. The molecule has 0 bridgehead atoms. The van der Waals surface area contributed by atoms with Crippen molar-refractivity contribution in [1.29, 1.82) is 0 Å². The van der Waals surface area contributed by atoms with E-state index in [9.17, 15) is 13.2 Å². The number of rotatable bonds is 10. The van der Waals surface area contributed by atoms with Gasteiger partial charge in [-0.25, -0.2) is 13.1 Å². The van der Waals surface area contributed by atoms with Crippen molar-refractivity contribution in [1.82, 2.24) is 14.3 Å². The summed E-state index contributed by atoms with van der Waals surface area (Å²) < 4.78 is 32.8. The van der Waals surface area contributed by atoms with Crippen LogP contribution in [0.25, 0.3) is 27.7 Å². The van der Waals surface area contributed by atoms with E-state index < -0.39 is 15.7 Å². The number of carbonyl (C=O) groups excluding carboxylic acids is 1. The van der Waals surface area contributed by atoms with Gasteiger partial charge in [0.05, 0.1) is 10.6 Å². The Labute approximate surface area is 233 Å². The molecule has 3 aromatic carbocycles. The van der Waals surface area contributed by atoms with Crippen LogP contribution in [-0.2, 0) is 27.5 Å². The Morgan fingerprint density at radius 3 is 2.25 bits per heavy atom. The standard InChI is InChI=1S/C31H32N4O4S/c1-21-17-29(31(32)36)33-35(21)26-12-15-30-28(18-26)25(5-4-16-39-2)20-34(30)19-22-6-8-23(9-7-22)24-10-13-27(14-11-24)40(3,37)38/h6-15,17-18,20H,4-5,16,19H2,1-3H3,(H2,32,36). The van der Waals surface area contributed by atoms with Crippen LogP contribution in [0.1, 0.15) is 33.7 Å². The number of methoxy groups -OCH3 is 1. The number of hydrogen-bond donors (Lipinski definition) is 1. The number of primary amides is 1. The Hall–Kier alpha value is -4.21. The molecule has 0 spiro atoms. The lowest BCUT2D eigenvalue weighted by molar-refractivity contribution is 0.0995. The van der Waals surface area contributed by atoms with E-state index in [4.69, 9.17) is 10.5 Å². The summed E-state index contributed by atoms with van der Waals surface area (Å²) in [5, 5.41) is 5.53. The summed E-state index contributed by atoms with van der Waals surface area (Å²) in [6.07, 6.45) is 5.18. The Kier molecular flexibility index (Phi) is 7.60. The number of nitrogens with zero attached hydrogens (tertiary/aromatic N) is 3. The summed E-state index contributed by atoms with van der Waals surface area (Å²) in [4.78, 5) is 12.0. The van der Waals surface area contributed by atoms with Gasteiger partial charge in [-0.15, -0.1) is 0 Å². The second-order valence-corrected chi connectivity index (χ2v) is 12.0. The fraction of sp³-hybridized carbons (Fsp3) is 0.226. The van der Waals surface area contributed by atoms with Gasteiger partial charge in [0.15, 0.2) is 15.5 Å². The van der Waals surface area contributed by atoms with Crippen molar-refractivity contribution in [3.05, 3.63) is 102 Å². The van der Waals surface area contributed by atoms with Gasteiger partial charge in [0.2, 0.25) is 0 Å². The van der Waals surface area contributed by atoms with Crippen LogP contribution in [0.2, 0.25) is 0 Å². The van der Waals surface area contributed by atoms with Gasteiger partial charge < -0.3 is 15.0 Å². The molecule has 0 atom stereocenters. The fourth-order valence-electron chi connectivity index (χ4n) is 4.98. The van der Waals surface area contributed by atoms with Crippen molar-refractivity contribution in [2.75, 3.05) is 20.0 Å². The third kappa shape index (κ3) is 5.71. The van der Waals surface area contributed by atoms with Crippen molar-refractivity contribution in [2.24, 2.45) is 5.73 Å². The second-order valence-electron chi connectivity index (χ2n) is 10.0. The molecule has 8 nitrogen and oxygen atoms in total. The average Bonchev–Trinajstić information content (AvgIpc) is 3.49. The maximum absolute atomic E-state index is 11.8. The Balaban J connectivity index is 1.45. The van der Waals surface area contributed by atoms with Crippen LogP contribution < -0.4 is 5.73 Å². The predicted molar refractivity (Wildman–Crippen MR) is 157 cm³/mol. The number of sulfone groups is 1. The van der Waals surface area contributed by atoms with Gasteiger partial charge in [-0.05, 0) is 78.4 Å². The summed E-state index contributed by atoms with van der Waals surface area (Å²) in [5.74, 6) is -0.550. The van der Waals surface area contributed by atoms with Crippen molar-refractivity contribution < 1.29 is 17.9 Å². The molecule has 0 radical (unpaired) electrons. The molecule has 5 aromatic rings. The number of aryl methyl sites for hydroxylation is 2. The molecule has 0 saturated heterocycles. The van der Waals surface area contributed by atoms with Crippen molar-refractivity contribution >= 4 is 26.6 Å². The number of fused-ring (bicyclic) bond motifs is 1. The van der Waals surface area contributed by atoms with Crippen LogP contribution in [-0.4, -0.2) is 48.6 Å².